The summed E-state index contributed by atoms with van der Waals surface area (Å²) in [6.07, 6.45) is 0. The number of thioether (sulfide) groups is 1. The van der Waals surface area contributed by atoms with E-state index in [9.17, 15) is 18.4 Å². The Morgan fingerprint density at radius 2 is 1.60 bits per heavy atom. The fourth-order valence-corrected chi connectivity index (χ4v) is 8.09. The van der Waals surface area contributed by atoms with Gasteiger partial charge in [0.15, 0.2) is 15.3 Å². The van der Waals surface area contributed by atoms with Gasteiger partial charge in [-0.2, -0.15) is 0 Å². The van der Waals surface area contributed by atoms with Gasteiger partial charge in [-0.15, -0.1) is 10.2 Å². The number of nitrogens with zero attached hydrogens (tertiary/aromatic N) is 4. The number of carbonyl (C=O) groups excluding carboxylic acids is 2. The van der Waals surface area contributed by atoms with Gasteiger partial charge >= 0.3 is 0 Å². The van der Waals surface area contributed by atoms with Crippen LogP contribution in [0.3, 0.4) is 0 Å². The maximum atomic E-state index is 15.0. The summed E-state index contributed by atoms with van der Waals surface area (Å²) in [6.45, 7) is 2.13. The molecule has 0 N–H and O–H groups in total. The molecule has 6 aromatic rings. The molecule has 8 rings (SSSR count). The van der Waals surface area contributed by atoms with Crippen molar-refractivity contribution in [2.24, 2.45) is 0 Å². The van der Waals surface area contributed by atoms with Crippen molar-refractivity contribution in [1.29, 1.82) is 0 Å². The molecule has 0 radical (unpaired) electrons. The SMILES string of the molecule is Cc1ccc(CN2C(=O)C3(c4ccccc42)c2c(oc4ccc(F)cc4c2=O)C(=O)N3c2nnc(SCc3ccc(F)cc3)s2)cc1. The van der Waals surface area contributed by atoms with Crippen LogP contribution in [0.1, 0.15) is 38.4 Å². The predicted molar refractivity (Wildman–Crippen MR) is 175 cm³/mol. The zero-order valence-electron chi connectivity index (χ0n) is 24.6. The highest BCUT2D eigenvalue weighted by molar-refractivity contribution is 8.00. The van der Waals surface area contributed by atoms with Crippen molar-refractivity contribution in [1.82, 2.24) is 10.2 Å². The zero-order chi connectivity index (χ0) is 32.4. The van der Waals surface area contributed by atoms with Crippen LogP contribution in [0.25, 0.3) is 11.0 Å². The third-order valence-electron chi connectivity index (χ3n) is 8.41. The number of para-hydroxylation sites is 1. The van der Waals surface area contributed by atoms with Crippen molar-refractivity contribution in [3.63, 3.8) is 0 Å². The number of carbonyl (C=O) groups is 2. The molecule has 232 valence electrons. The first-order chi connectivity index (χ1) is 22.8. The van der Waals surface area contributed by atoms with E-state index in [-0.39, 0.29) is 39.8 Å². The van der Waals surface area contributed by atoms with Crippen LogP contribution >= 0.6 is 23.1 Å². The summed E-state index contributed by atoms with van der Waals surface area (Å²) in [5.74, 6) is -2.15. The lowest BCUT2D eigenvalue weighted by atomic mass is 9.84. The number of benzene rings is 4. The molecule has 1 unspecified atom stereocenters. The Morgan fingerprint density at radius 3 is 2.38 bits per heavy atom. The minimum absolute atomic E-state index is 0.0172. The van der Waals surface area contributed by atoms with Crippen LogP contribution in [0.4, 0.5) is 19.6 Å². The number of aryl methyl sites for hydroxylation is 1. The van der Waals surface area contributed by atoms with E-state index in [4.69, 9.17) is 4.42 Å². The van der Waals surface area contributed by atoms with Gasteiger partial charge in [-0.05, 0) is 54.4 Å². The normalized spacial score (nSPS) is 16.8. The maximum Gasteiger partial charge on any atom is 0.297 e. The number of aromatic nitrogens is 2. The molecule has 8 nitrogen and oxygen atoms in total. The highest BCUT2D eigenvalue weighted by Crippen LogP contribution is 2.55. The van der Waals surface area contributed by atoms with E-state index < -0.39 is 28.6 Å². The first kappa shape index (κ1) is 29.2. The number of rotatable bonds is 6. The fraction of sp³-hybridized carbons (Fsp3) is 0.114. The van der Waals surface area contributed by atoms with Gasteiger partial charge in [0.1, 0.15) is 17.2 Å². The summed E-state index contributed by atoms with van der Waals surface area (Å²) in [4.78, 5) is 46.6. The average Bonchev–Trinajstić information content (AvgIpc) is 3.71. The Labute approximate surface area is 274 Å². The number of halogens is 2. The van der Waals surface area contributed by atoms with Gasteiger partial charge < -0.3 is 9.32 Å². The van der Waals surface area contributed by atoms with Crippen LogP contribution in [-0.2, 0) is 22.6 Å². The molecule has 2 aliphatic heterocycles. The Hall–Kier alpha value is -5.20. The molecule has 1 spiro atoms. The molecule has 47 heavy (non-hydrogen) atoms. The minimum Gasteiger partial charge on any atom is -0.450 e. The van der Waals surface area contributed by atoms with Gasteiger partial charge in [0, 0.05) is 11.3 Å². The predicted octanol–water partition coefficient (Wildman–Crippen LogP) is 6.97. The van der Waals surface area contributed by atoms with Gasteiger partial charge in [0.05, 0.1) is 23.2 Å². The molecule has 1 atom stereocenters. The van der Waals surface area contributed by atoms with Gasteiger partial charge in [0.2, 0.25) is 10.9 Å². The Kier molecular flexibility index (Phi) is 6.81. The van der Waals surface area contributed by atoms with Crippen molar-refractivity contribution in [2.75, 3.05) is 9.80 Å². The Morgan fingerprint density at radius 1 is 0.872 bits per heavy atom. The van der Waals surface area contributed by atoms with E-state index in [0.717, 1.165) is 40.2 Å². The van der Waals surface area contributed by atoms with E-state index in [1.807, 2.05) is 31.2 Å². The van der Waals surface area contributed by atoms with E-state index in [2.05, 4.69) is 10.2 Å². The summed E-state index contributed by atoms with van der Waals surface area (Å²) in [5, 5.41) is 8.62. The molecular formula is C35H22F2N4O4S2. The second-order valence-electron chi connectivity index (χ2n) is 11.3. The molecule has 0 saturated heterocycles. The largest absolute Gasteiger partial charge is 0.450 e. The van der Waals surface area contributed by atoms with Crippen molar-refractivity contribution in [3.8, 4) is 0 Å². The summed E-state index contributed by atoms with van der Waals surface area (Å²) in [5.41, 5.74) is 0.801. The number of anilines is 2. The topological polar surface area (TPSA) is 96.6 Å². The molecule has 4 heterocycles. The zero-order valence-corrected chi connectivity index (χ0v) is 26.2. The van der Waals surface area contributed by atoms with Gasteiger partial charge in [-0.3, -0.25) is 19.3 Å². The van der Waals surface area contributed by atoms with Crippen molar-refractivity contribution < 1.29 is 22.8 Å². The molecule has 2 aromatic heterocycles. The maximum absolute atomic E-state index is 15.0. The second-order valence-corrected chi connectivity index (χ2v) is 13.5. The second kappa shape index (κ2) is 11.0. The third-order valence-corrected chi connectivity index (χ3v) is 10.5. The molecule has 0 aliphatic carbocycles. The lowest BCUT2D eigenvalue weighted by Crippen LogP contribution is -2.53. The Balaban J connectivity index is 1.31. The van der Waals surface area contributed by atoms with E-state index in [1.54, 1.807) is 41.3 Å². The summed E-state index contributed by atoms with van der Waals surface area (Å²) in [6, 6.07) is 24.3. The molecule has 2 amide bonds. The lowest BCUT2D eigenvalue weighted by Gasteiger charge is -2.32. The van der Waals surface area contributed by atoms with Crippen LogP contribution in [0.15, 0.2) is 105 Å². The third kappa shape index (κ3) is 4.50. The monoisotopic (exact) mass is 664 g/mol. The van der Waals surface area contributed by atoms with Gasteiger partial charge in [-0.25, -0.2) is 8.78 Å². The number of amides is 2. The van der Waals surface area contributed by atoms with Crippen molar-refractivity contribution in [3.05, 3.63) is 146 Å². The standard InChI is InChI=1S/C35H22F2N4O4S2/c1-19-6-8-20(9-7-19)17-40-26-5-3-2-4-25(26)35(32(40)44)28-29(42)24-16-23(37)14-15-27(24)45-30(28)31(43)41(35)33-38-39-34(47-33)46-18-21-10-12-22(36)13-11-21/h2-16H,17-18H2,1H3. The van der Waals surface area contributed by atoms with Crippen LogP contribution in [0.5, 0.6) is 0 Å². The smallest absolute Gasteiger partial charge is 0.297 e. The van der Waals surface area contributed by atoms with Crippen LogP contribution < -0.4 is 15.2 Å². The molecule has 2 aliphatic rings. The van der Waals surface area contributed by atoms with Crippen LogP contribution in [0, 0.1) is 18.6 Å². The molecule has 0 bridgehead atoms. The summed E-state index contributed by atoms with van der Waals surface area (Å²) < 4.78 is 34.4. The highest BCUT2D eigenvalue weighted by Gasteiger charge is 2.66. The van der Waals surface area contributed by atoms with E-state index in [1.165, 1.54) is 34.9 Å². The number of fused-ring (bicyclic) bond motifs is 5. The minimum atomic E-state index is -1.99. The highest BCUT2D eigenvalue weighted by atomic mass is 32.2. The Bertz CT molecular complexity index is 2310. The molecule has 4 aromatic carbocycles. The molecule has 12 heteroatoms. The van der Waals surface area contributed by atoms with E-state index in [0.29, 0.717) is 21.3 Å². The van der Waals surface area contributed by atoms with Crippen molar-refractivity contribution in [2.45, 2.75) is 29.1 Å². The van der Waals surface area contributed by atoms with Gasteiger partial charge in [0.25, 0.3) is 11.8 Å². The van der Waals surface area contributed by atoms with E-state index >= 15 is 4.79 Å². The van der Waals surface area contributed by atoms with Crippen molar-refractivity contribution >= 4 is 56.7 Å². The average molecular weight is 665 g/mol. The number of hydrogen-bond acceptors (Lipinski definition) is 8. The first-order valence-electron chi connectivity index (χ1n) is 14.5. The fourth-order valence-electron chi connectivity index (χ4n) is 6.25. The van der Waals surface area contributed by atoms with Crippen LogP contribution in [-0.4, -0.2) is 22.0 Å². The molecule has 0 saturated carbocycles. The van der Waals surface area contributed by atoms with Crippen LogP contribution in [0.2, 0.25) is 0 Å². The quantitative estimate of drug-likeness (QED) is 0.140. The summed E-state index contributed by atoms with van der Waals surface area (Å²) >= 11 is 2.42. The first-order valence-corrected chi connectivity index (χ1v) is 16.3. The lowest BCUT2D eigenvalue weighted by molar-refractivity contribution is -0.121. The summed E-state index contributed by atoms with van der Waals surface area (Å²) in [7, 11) is 0. The van der Waals surface area contributed by atoms with Gasteiger partial charge in [-0.1, -0.05) is 83.3 Å². The number of hydrogen-bond donors (Lipinski definition) is 0. The molecule has 0 fully saturated rings. The molecular weight excluding hydrogens is 643 g/mol.